The molecule has 1 aromatic rings. The van der Waals surface area contributed by atoms with Gasteiger partial charge in [-0.1, -0.05) is 12.1 Å². The van der Waals surface area contributed by atoms with Crippen molar-refractivity contribution in [3.05, 3.63) is 29.8 Å². The molecule has 1 fully saturated rings. The van der Waals surface area contributed by atoms with Crippen LogP contribution in [0.4, 0.5) is 0 Å². The van der Waals surface area contributed by atoms with Gasteiger partial charge < -0.3 is 9.64 Å². The van der Waals surface area contributed by atoms with Crippen LogP contribution in [0.1, 0.15) is 18.9 Å². The number of carbonyl (C=O) groups excluding carboxylic acids is 1. The van der Waals surface area contributed by atoms with Crippen molar-refractivity contribution in [2.75, 3.05) is 26.7 Å². The summed E-state index contributed by atoms with van der Waals surface area (Å²) in [7, 11) is -2.03. The van der Waals surface area contributed by atoms with Crippen molar-refractivity contribution in [2.24, 2.45) is 0 Å². The Hall–Kier alpha value is -1.44. The number of hydrogen-bond donors (Lipinski definition) is 1. The minimum atomic E-state index is -3.41. The Kier molecular flexibility index (Phi) is 5.55. The summed E-state index contributed by atoms with van der Waals surface area (Å²) in [5.74, 6) is 0.113. The van der Waals surface area contributed by atoms with Gasteiger partial charge in [-0.25, -0.2) is 13.1 Å². The molecule has 0 saturated carbocycles. The Bertz CT molecular complexity index is 613. The molecular formula is C15H22N2O4S. The molecule has 7 heteroatoms. The molecule has 1 saturated heterocycles. The Morgan fingerprint density at radius 3 is 2.64 bits per heavy atom. The first-order chi connectivity index (χ1) is 10.4. The second kappa shape index (κ2) is 7.21. The van der Waals surface area contributed by atoms with Crippen LogP contribution in [0.3, 0.4) is 0 Å². The fourth-order valence-corrected chi connectivity index (χ4v) is 3.14. The van der Waals surface area contributed by atoms with E-state index in [9.17, 15) is 13.2 Å². The van der Waals surface area contributed by atoms with E-state index in [2.05, 4.69) is 4.72 Å². The van der Waals surface area contributed by atoms with E-state index in [1.807, 2.05) is 11.8 Å². The maximum Gasteiger partial charge on any atom is 0.240 e. The smallest absolute Gasteiger partial charge is 0.240 e. The van der Waals surface area contributed by atoms with Gasteiger partial charge in [0.05, 0.1) is 17.6 Å². The van der Waals surface area contributed by atoms with Gasteiger partial charge in [0.2, 0.25) is 15.9 Å². The summed E-state index contributed by atoms with van der Waals surface area (Å²) in [6.45, 7) is 3.82. The van der Waals surface area contributed by atoms with E-state index in [0.717, 1.165) is 5.56 Å². The normalized spacial score (nSPS) is 19.2. The number of rotatable bonds is 5. The second-order valence-corrected chi connectivity index (χ2v) is 7.26. The quantitative estimate of drug-likeness (QED) is 0.867. The molecule has 0 bridgehead atoms. The summed E-state index contributed by atoms with van der Waals surface area (Å²) >= 11 is 0. The molecule has 1 atom stereocenters. The molecule has 122 valence electrons. The van der Waals surface area contributed by atoms with Gasteiger partial charge in [-0.05, 0) is 38.1 Å². The molecule has 22 heavy (non-hydrogen) atoms. The molecule has 1 amide bonds. The number of ether oxygens (including phenoxy) is 1. The van der Waals surface area contributed by atoms with Crippen molar-refractivity contribution in [3.63, 3.8) is 0 Å². The standard InChI is InChI=1S/C15H22N2O4S/c1-12-11-17(9-10-21-12)15(18)8-5-13-3-6-14(7-4-13)22(19,20)16-2/h3-4,6-7,12,16H,5,8-11H2,1-2H3. The zero-order chi connectivity index (χ0) is 16.2. The molecule has 1 aliphatic rings. The summed E-state index contributed by atoms with van der Waals surface area (Å²) < 4.78 is 31.0. The van der Waals surface area contributed by atoms with Crippen molar-refractivity contribution in [1.82, 2.24) is 9.62 Å². The summed E-state index contributed by atoms with van der Waals surface area (Å²) in [5.41, 5.74) is 0.949. The molecule has 0 spiro atoms. The van der Waals surface area contributed by atoms with Crippen LogP contribution in [0.5, 0.6) is 0 Å². The van der Waals surface area contributed by atoms with Crippen molar-refractivity contribution in [2.45, 2.75) is 30.8 Å². The molecule has 0 aromatic heterocycles. The zero-order valence-electron chi connectivity index (χ0n) is 12.9. The van der Waals surface area contributed by atoms with Gasteiger partial charge >= 0.3 is 0 Å². The predicted molar refractivity (Wildman–Crippen MR) is 83.0 cm³/mol. The molecule has 1 aromatic carbocycles. The first-order valence-corrected chi connectivity index (χ1v) is 8.82. The third-order valence-electron chi connectivity index (χ3n) is 3.72. The average Bonchev–Trinajstić information content (AvgIpc) is 2.53. The molecule has 2 rings (SSSR count). The lowest BCUT2D eigenvalue weighted by Crippen LogP contribution is -2.44. The summed E-state index contributed by atoms with van der Waals surface area (Å²) in [6, 6.07) is 6.61. The largest absolute Gasteiger partial charge is 0.375 e. The van der Waals surface area contributed by atoms with Crippen LogP contribution < -0.4 is 4.72 Å². The number of nitrogens with zero attached hydrogens (tertiary/aromatic N) is 1. The van der Waals surface area contributed by atoms with Crippen LogP contribution in [0.15, 0.2) is 29.2 Å². The SMILES string of the molecule is CNS(=O)(=O)c1ccc(CCC(=O)N2CCOC(C)C2)cc1. The number of carbonyl (C=O) groups is 1. The molecule has 1 heterocycles. The lowest BCUT2D eigenvalue weighted by Gasteiger charge is -2.31. The third kappa shape index (κ3) is 4.28. The first kappa shape index (κ1) is 16.9. The Labute approximate surface area is 131 Å². The topological polar surface area (TPSA) is 75.7 Å². The minimum absolute atomic E-state index is 0.0868. The van der Waals surface area contributed by atoms with Crippen LogP contribution in [0.2, 0.25) is 0 Å². The molecule has 0 aliphatic carbocycles. The van der Waals surface area contributed by atoms with Crippen molar-refractivity contribution >= 4 is 15.9 Å². The van der Waals surface area contributed by atoms with Crippen LogP contribution in [0.25, 0.3) is 0 Å². The lowest BCUT2D eigenvalue weighted by molar-refractivity contribution is -0.138. The number of hydrogen-bond acceptors (Lipinski definition) is 4. The van der Waals surface area contributed by atoms with Crippen LogP contribution in [-0.4, -0.2) is 52.1 Å². The van der Waals surface area contributed by atoms with E-state index >= 15 is 0 Å². The van der Waals surface area contributed by atoms with Gasteiger partial charge in [-0.15, -0.1) is 0 Å². The summed E-state index contributed by atoms with van der Waals surface area (Å²) in [5, 5.41) is 0. The Balaban J connectivity index is 1.90. The minimum Gasteiger partial charge on any atom is -0.375 e. The lowest BCUT2D eigenvalue weighted by atomic mass is 10.1. The van der Waals surface area contributed by atoms with Crippen LogP contribution in [0, 0.1) is 0 Å². The van der Waals surface area contributed by atoms with E-state index in [1.54, 1.807) is 24.3 Å². The van der Waals surface area contributed by atoms with Gasteiger partial charge in [0.15, 0.2) is 0 Å². The van der Waals surface area contributed by atoms with Gasteiger partial charge in [0.25, 0.3) is 0 Å². The van der Waals surface area contributed by atoms with Crippen molar-refractivity contribution in [3.8, 4) is 0 Å². The fraction of sp³-hybridized carbons (Fsp3) is 0.533. The highest BCUT2D eigenvalue weighted by Gasteiger charge is 2.21. The van der Waals surface area contributed by atoms with Crippen molar-refractivity contribution < 1.29 is 17.9 Å². The number of amides is 1. The van der Waals surface area contributed by atoms with E-state index < -0.39 is 10.0 Å². The number of nitrogens with one attached hydrogen (secondary N) is 1. The summed E-state index contributed by atoms with van der Waals surface area (Å²) in [4.78, 5) is 14.2. The molecule has 1 unspecified atom stereocenters. The molecule has 6 nitrogen and oxygen atoms in total. The summed E-state index contributed by atoms with van der Waals surface area (Å²) in [6.07, 6.45) is 1.11. The van der Waals surface area contributed by atoms with Gasteiger partial charge in [-0.3, -0.25) is 4.79 Å². The van der Waals surface area contributed by atoms with Gasteiger partial charge in [0.1, 0.15) is 0 Å². The molecule has 1 N–H and O–H groups in total. The zero-order valence-corrected chi connectivity index (χ0v) is 13.7. The number of aryl methyl sites for hydroxylation is 1. The number of sulfonamides is 1. The maximum absolute atomic E-state index is 12.2. The first-order valence-electron chi connectivity index (χ1n) is 7.34. The van der Waals surface area contributed by atoms with E-state index in [0.29, 0.717) is 32.5 Å². The van der Waals surface area contributed by atoms with Crippen LogP contribution >= 0.6 is 0 Å². The fourth-order valence-electron chi connectivity index (χ4n) is 2.41. The van der Waals surface area contributed by atoms with E-state index in [1.165, 1.54) is 7.05 Å². The number of morpholine rings is 1. The number of benzene rings is 1. The predicted octanol–water partition coefficient (Wildman–Crippen LogP) is 0.775. The molecule has 0 radical (unpaired) electrons. The van der Waals surface area contributed by atoms with E-state index in [4.69, 9.17) is 4.74 Å². The highest BCUT2D eigenvalue weighted by molar-refractivity contribution is 7.89. The second-order valence-electron chi connectivity index (χ2n) is 5.37. The average molecular weight is 326 g/mol. The molecule has 1 aliphatic heterocycles. The van der Waals surface area contributed by atoms with Gasteiger partial charge in [-0.2, -0.15) is 0 Å². The molecular weight excluding hydrogens is 304 g/mol. The van der Waals surface area contributed by atoms with Crippen LogP contribution in [-0.2, 0) is 26.0 Å². The monoisotopic (exact) mass is 326 g/mol. The highest BCUT2D eigenvalue weighted by atomic mass is 32.2. The van der Waals surface area contributed by atoms with Crippen molar-refractivity contribution in [1.29, 1.82) is 0 Å². The Morgan fingerprint density at radius 2 is 2.05 bits per heavy atom. The maximum atomic E-state index is 12.2. The van der Waals surface area contributed by atoms with E-state index in [-0.39, 0.29) is 16.9 Å². The highest BCUT2D eigenvalue weighted by Crippen LogP contribution is 2.13. The van der Waals surface area contributed by atoms with Gasteiger partial charge in [0, 0.05) is 19.5 Å². The third-order valence-corrected chi connectivity index (χ3v) is 5.15. The Morgan fingerprint density at radius 1 is 1.36 bits per heavy atom.